The lowest BCUT2D eigenvalue weighted by molar-refractivity contribution is 0.118. The lowest BCUT2D eigenvalue weighted by Crippen LogP contribution is -2.26. The molecule has 0 amide bonds. The topological polar surface area (TPSA) is 56.1 Å². The summed E-state index contributed by atoms with van der Waals surface area (Å²) in [4.78, 5) is 6.83. The van der Waals surface area contributed by atoms with Gasteiger partial charge < -0.3 is 14.2 Å². The molecule has 1 fully saturated rings. The first-order chi connectivity index (χ1) is 11.3. The Kier molecular flexibility index (Phi) is 3.46. The maximum absolute atomic E-state index is 5.63. The quantitative estimate of drug-likeness (QED) is 0.743. The second kappa shape index (κ2) is 5.62. The SMILES string of the molecule is CO[C@@H]1C[C@@H](c2nncn2C)N(c2ccnc3ccccc23)C1. The maximum atomic E-state index is 5.63. The Morgan fingerprint density at radius 1 is 1.22 bits per heavy atom. The van der Waals surface area contributed by atoms with Crippen LogP contribution in [-0.2, 0) is 11.8 Å². The number of methoxy groups -OCH3 is 1. The standard InChI is InChI=1S/C17H19N5O/c1-21-11-19-20-17(21)16-9-12(23-2)10-22(16)15-7-8-18-14-6-4-3-5-13(14)15/h3-8,11-12,16H,9-10H2,1-2H3/t12-,16+/m1/s1. The number of nitrogens with zero attached hydrogens (tertiary/aromatic N) is 5. The molecule has 6 nitrogen and oxygen atoms in total. The van der Waals surface area contributed by atoms with Gasteiger partial charge in [0.25, 0.3) is 0 Å². The molecular formula is C17H19N5O. The summed E-state index contributed by atoms with van der Waals surface area (Å²) in [6.07, 6.45) is 4.70. The molecule has 23 heavy (non-hydrogen) atoms. The highest BCUT2D eigenvalue weighted by atomic mass is 16.5. The van der Waals surface area contributed by atoms with Gasteiger partial charge in [0.15, 0.2) is 5.82 Å². The third kappa shape index (κ3) is 2.35. The molecule has 4 rings (SSSR count). The minimum Gasteiger partial charge on any atom is -0.380 e. The number of para-hydroxylation sites is 1. The highest BCUT2D eigenvalue weighted by Gasteiger charge is 2.36. The van der Waals surface area contributed by atoms with Gasteiger partial charge >= 0.3 is 0 Å². The van der Waals surface area contributed by atoms with Gasteiger partial charge in [-0.05, 0) is 12.1 Å². The zero-order valence-electron chi connectivity index (χ0n) is 13.3. The van der Waals surface area contributed by atoms with Crippen LogP contribution in [0.15, 0.2) is 42.9 Å². The predicted molar refractivity (Wildman–Crippen MR) is 88.2 cm³/mol. The van der Waals surface area contributed by atoms with Crippen molar-refractivity contribution in [3.05, 3.63) is 48.7 Å². The van der Waals surface area contributed by atoms with Crippen molar-refractivity contribution in [3.8, 4) is 0 Å². The molecular weight excluding hydrogens is 290 g/mol. The summed E-state index contributed by atoms with van der Waals surface area (Å²) in [6, 6.07) is 10.4. The van der Waals surface area contributed by atoms with Crippen LogP contribution in [0.2, 0.25) is 0 Å². The molecule has 1 aliphatic rings. The summed E-state index contributed by atoms with van der Waals surface area (Å²) in [5, 5.41) is 9.51. The Morgan fingerprint density at radius 2 is 2.09 bits per heavy atom. The minimum absolute atomic E-state index is 0.151. The number of aryl methyl sites for hydroxylation is 1. The van der Waals surface area contributed by atoms with Gasteiger partial charge in [-0.3, -0.25) is 4.98 Å². The number of fused-ring (bicyclic) bond motifs is 1. The lowest BCUT2D eigenvalue weighted by atomic mass is 10.1. The van der Waals surface area contributed by atoms with Crippen LogP contribution in [0.3, 0.4) is 0 Å². The van der Waals surface area contributed by atoms with E-state index in [2.05, 4.69) is 38.3 Å². The molecule has 0 N–H and O–H groups in total. The summed E-state index contributed by atoms with van der Waals surface area (Å²) in [5.74, 6) is 0.963. The van der Waals surface area contributed by atoms with E-state index < -0.39 is 0 Å². The van der Waals surface area contributed by atoms with Gasteiger partial charge in [0, 0.05) is 44.4 Å². The molecule has 6 heteroatoms. The van der Waals surface area contributed by atoms with Crippen LogP contribution < -0.4 is 4.90 Å². The Bertz CT molecular complexity index is 825. The van der Waals surface area contributed by atoms with Gasteiger partial charge in [0.1, 0.15) is 6.33 Å². The minimum atomic E-state index is 0.151. The highest BCUT2D eigenvalue weighted by molar-refractivity contribution is 5.91. The Hall–Kier alpha value is -2.47. The van der Waals surface area contributed by atoms with E-state index in [-0.39, 0.29) is 12.1 Å². The van der Waals surface area contributed by atoms with Crippen LogP contribution in [0.25, 0.3) is 10.9 Å². The summed E-state index contributed by atoms with van der Waals surface area (Å²) in [6.45, 7) is 0.835. The molecule has 3 heterocycles. The van der Waals surface area contributed by atoms with E-state index in [4.69, 9.17) is 4.74 Å². The number of rotatable bonds is 3. The van der Waals surface area contributed by atoms with Crippen molar-refractivity contribution in [3.63, 3.8) is 0 Å². The van der Waals surface area contributed by atoms with Crippen LogP contribution in [0.4, 0.5) is 5.69 Å². The van der Waals surface area contributed by atoms with Crippen molar-refractivity contribution in [1.82, 2.24) is 19.7 Å². The zero-order chi connectivity index (χ0) is 15.8. The van der Waals surface area contributed by atoms with Crippen LogP contribution in [0, 0.1) is 0 Å². The van der Waals surface area contributed by atoms with Gasteiger partial charge in [-0.2, -0.15) is 0 Å². The van der Waals surface area contributed by atoms with Crippen molar-refractivity contribution in [2.75, 3.05) is 18.6 Å². The molecule has 2 atom stereocenters. The Morgan fingerprint density at radius 3 is 2.87 bits per heavy atom. The number of anilines is 1. The largest absolute Gasteiger partial charge is 0.380 e. The third-order valence-electron chi connectivity index (χ3n) is 4.58. The number of pyridine rings is 1. The fraction of sp³-hybridized carbons (Fsp3) is 0.353. The van der Waals surface area contributed by atoms with Crippen LogP contribution in [0.1, 0.15) is 18.3 Å². The molecule has 3 aromatic rings. The first-order valence-corrected chi connectivity index (χ1v) is 7.75. The van der Waals surface area contributed by atoms with Crippen LogP contribution in [0.5, 0.6) is 0 Å². The predicted octanol–water partition coefficient (Wildman–Crippen LogP) is 2.33. The van der Waals surface area contributed by atoms with Gasteiger partial charge in [0.2, 0.25) is 0 Å². The number of benzene rings is 1. The first kappa shape index (κ1) is 14.1. The van der Waals surface area contributed by atoms with E-state index in [1.807, 2.05) is 29.9 Å². The van der Waals surface area contributed by atoms with E-state index in [9.17, 15) is 0 Å². The molecule has 2 aromatic heterocycles. The van der Waals surface area contributed by atoms with Gasteiger partial charge in [-0.1, -0.05) is 18.2 Å². The molecule has 0 radical (unpaired) electrons. The maximum Gasteiger partial charge on any atom is 0.155 e. The molecule has 0 aliphatic carbocycles. The number of hydrogen-bond acceptors (Lipinski definition) is 5. The Labute approximate surface area is 134 Å². The number of ether oxygens (including phenoxy) is 1. The molecule has 0 spiro atoms. The first-order valence-electron chi connectivity index (χ1n) is 7.75. The second-order valence-electron chi connectivity index (χ2n) is 5.91. The van der Waals surface area contributed by atoms with Crippen molar-refractivity contribution in [1.29, 1.82) is 0 Å². The number of hydrogen-bond donors (Lipinski definition) is 0. The molecule has 0 bridgehead atoms. The average molecular weight is 309 g/mol. The lowest BCUT2D eigenvalue weighted by Gasteiger charge is -2.26. The van der Waals surface area contributed by atoms with E-state index in [1.54, 1.807) is 13.4 Å². The van der Waals surface area contributed by atoms with Gasteiger partial charge in [0.05, 0.1) is 17.7 Å². The molecule has 118 valence electrons. The highest BCUT2D eigenvalue weighted by Crippen LogP contribution is 2.38. The molecule has 1 aromatic carbocycles. The van der Waals surface area contributed by atoms with Crippen molar-refractivity contribution in [2.45, 2.75) is 18.6 Å². The van der Waals surface area contributed by atoms with Crippen LogP contribution >= 0.6 is 0 Å². The normalized spacial score (nSPS) is 21.2. The van der Waals surface area contributed by atoms with Crippen LogP contribution in [-0.4, -0.2) is 39.5 Å². The number of aromatic nitrogens is 4. The second-order valence-corrected chi connectivity index (χ2v) is 5.91. The van der Waals surface area contributed by atoms with Crippen molar-refractivity contribution >= 4 is 16.6 Å². The zero-order valence-corrected chi connectivity index (χ0v) is 13.3. The average Bonchev–Trinajstić information content (AvgIpc) is 3.20. The van der Waals surface area contributed by atoms with E-state index >= 15 is 0 Å². The van der Waals surface area contributed by atoms with E-state index in [0.29, 0.717) is 0 Å². The molecule has 0 unspecified atom stereocenters. The van der Waals surface area contributed by atoms with Crippen molar-refractivity contribution in [2.24, 2.45) is 7.05 Å². The smallest absolute Gasteiger partial charge is 0.155 e. The third-order valence-corrected chi connectivity index (χ3v) is 4.58. The fourth-order valence-corrected chi connectivity index (χ4v) is 3.40. The van der Waals surface area contributed by atoms with E-state index in [1.165, 1.54) is 5.69 Å². The van der Waals surface area contributed by atoms with E-state index in [0.717, 1.165) is 29.7 Å². The molecule has 1 aliphatic heterocycles. The molecule has 1 saturated heterocycles. The van der Waals surface area contributed by atoms with Crippen molar-refractivity contribution < 1.29 is 4.74 Å². The monoisotopic (exact) mass is 309 g/mol. The summed E-state index contributed by atoms with van der Waals surface area (Å²) in [7, 11) is 3.75. The summed E-state index contributed by atoms with van der Waals surface area (Å²) >= 11 is 0. The van der Waals surface area contributed by atoms with Gasteiger partial charge in [-0.25, -0.2) is 0 Å². The van der Waals surface area contributed by atoms with Gasteiger partial charge in [-0.15, -0.1) is 10.2 Å². The Balaban J connectivity index is 1.82. The fourth-order valence-electron chi connectivity index (χ4n) is 3.40. The summed E-state index contributed by atoms with van der Waals surface area (Å²) in [5.41, 5.74) is 2.17. The molecule has 0 saturated carbocycles. The summed E-state index contributed by atoms with van der Waals surface area (Å²) < 4.78 is 7.61.